The van der Waals surface area contributed by atoms with E-state index in [9.17, 15) is 36.6 Å². The van der Waals surface area contributed by atoms with Crippen molar-refractivity contribution >= 4 is 17.8 Å². The Bertz CT molecular complexity index is 1140. The smallest absolute Gasteiger partial charge is 0.417 e. The summed E-state index contributed by atoms with van der Waals surface area (Å²) in [6.45, 7) is 2.98. The number of anilines is 1. The molecule has 200 valence electrons. The second-order valence-electron chi connectivity index (χ2n) is 9.32. The number of hydrogen-bond acceptors (Lipinski definition) is 4. The van der Waals surface area contributed by atoms with Gasteiger partial charge in [0.2, 0.25) is 5.91 Å². The van der Waals surface area contributed by atoms with Gasteiger partial charge in [-0.05, 0) is 49.6 Å². The summed E-state index contributed by atoms with van der Waals surface area (Å²) in [5, 5.41) is 9.68. The predicted molar refractivity (Wildman–Crippen MR) is 124 cm³/mol. The van der Waals surface area contributed by atoms with Crippen LogP contribution in [0.1, 0.15) is 36.8 Å². The average molecular weight is 527 g/mol. The highest BCUT2D eigenvalue weighted by Gasteiger charge is 2.43. The number of halogens is 5. The first-order valence-electron chi connectivity index (χ1n) is 12.0. The summed E-state index contributed by atoms with van der Waals surface area (Å²) in [6, 6.07) is 5.13. The molecule has 0 saturated carbocycles. The van der Waals surface area contributed by atoms with Crippen LogP contribution in [0.15, 0.2) is 36.5 Å². The summed E-state index contributed by atoms with van der Waals surface area (Å²) < 4.78 is 65.9. The topological polar surface area (TPSA) is 77.0 Å². The first-order chi connectivity index (χ1) is 17.5. The number of amides is 2. The van der Waals surface area contributed by atoms with E-state index in [0.717, 1.165) is 24.4 Å². The van der Waals surface area contributed by atoms with Crippen molar-refractivity contribution in [1.29, 1.82) is 0 Å². The number of piperidine rings is 1. The lowest BCUT2D eigenvalue weighted by Gasteiger charge is -2.34. The monoisotopic (exact) mass is 526 g/mol. The van der Waals surface area contributed by atoms with E-state index in [1.165, 1.54) is 17.0 Å². The molecule has 0 aliphatic carbocycles. The van der Waals surface area contributed by atoms with Crippen LogP contribution in [0, 0.1) is 17.6 Å². The van der Waals surface area contributed by atoms with Gasteiger partial charge in [0, 0.05) is 50.8 Å². The van der Waals surface area contributed by atoms with Crippen molar-refractivity contribution in [3.8, 4) is 0 Å². The number of likely N-dealkylation sites (tertiary alicyclic amines) is 1. The summed E-state index contributed by atoms with van der Waals surface area (Å²) in [5.41, 5.74) is -0.412. The van der Waals surface area contributed by atoms with Gasteiger partial charge >= 0.3 is 12.3 Å². The van der Waals surface area contributed by atoms with E-state index in [1.807, 2.05) is 4.90 Å². The van der Waals surface area contributed by atoms with Gasteiger partial charge in [0.15, 0.2) is 11.6 Å². The average Bonchev–Trinajstić information content (AvgIpc) is 3.30. The van der Waals surface area contributed by atoms with Crippen LogP contribution in [0.3, 0.4) is 0 Å². The molecule has 2 fully saturated rings. The van der Waals surface area contributed by atoms with Gasteiger partial charge in [0.05, 0.1) is 11.6 Å². The highest BCUT2D eigenvalue weighted by Crippen LogP contribution is 2.35. The number of hydrogen-bond donors (Lipinski definition) is 1. The van der Waals surface area contributed by atoms with Gasteiger partial charge in [-0.2, -0.15) is 13.2 Å². The number of carboxylic acid groups (broad SMARTS) is 1. The number of likely N-dealkylation sites (N-methyl/N-ethyl adjacent to an activating group) is 1. The molecule has 0 unspecified atom stereocenters. The molecule has 2 atom stereocenters. The number of carbonyl (C=O) groups excluding carboxylic acids is 1. The maximum absolute atomic E-state index is 14.0. The van der Waals surface area contributed by atoms with Gasteiger partial charge in [-0.1, -0.05) is 6.07 Å². The molecule has 2 aliphatic rings. The van der Waals surface area contributed by atoms with Gasteiger partial charge in [-0.25, -0.2) is 18.6 Å². The minimum absolute atomic E-state index is 0.128. The van der Waals surface area contributed by atoms with Crippen molar-refractivity contribution in [2.45, 2.75) is 37.9 Å². The standard InChI is InChI=1S/C25H27F5N4O3/c1-2-34(24(36)37)21-14-33(13-18(21)16-3-5-19(26)20(27)11-16)23(35)15-7-9-32(10-8-15)22-6-4-17(12-31-22)25(28,29)30/h3-6,11-12,15,18,21H,2,7-10,13-14H2,1H3,(H,36,37)/t18-,21+/m0/s1. The van der Waals surface area contributed by atoms with Crippen LogP contribution in [-0.2, 0) is 11.0 Å². The van der Waals surface area contributed by atoms with Gasteiger partial charge in [0.1, 0.15) is 5.82 Å². The van der Waals surface area contributed by atoms with Crippen molar-refractivity contribution in [3.63, 3.8) is 0 Å². The normalized spacial score (nSPS) is 20.8. The summed E-state index contributed by atoms with van der Waals surface area (Å²) in [4.78, 5) is 33.8. The fourth-order valence-corrected chi connectivity index (χ4v) is 5.22. The van der Waals surface area contributed by atoms with Crippen molar-refractivity contribution in [2.24, 2.45) is 5.92 Å². The van der Waals surface area contributed by atoms with Crippen LogP contribution in [0.4, 0.5) is 32.6 Å². The van der Waals surface area contributed by atoms with Crippen LogP contribution >= 0.6 is 0 Å². The molecule has 0 spiro atoms. The van der Waals surface area contributed by atoms with Crippen molar-refractivity contribution < 1.29 is 36.6 Å². The maximum Gasteiger partial charge on any atom is 0.417 e. The first kappa shape index (κ1) is 26.6. The number of nitrogens with zero attached hydrogens (tertiary/aromatic N) is 4. The van der Waals surface area contributed by atoms with Crippen LogP contribution in [-0.4, -0.2) is 70.7 Å². The number of pyridine rings is 1. The fraction of sp³-hybridized carbons (Fsp3) is 0.480. The molecule has 12 heteroatoms. The molecule has 2 aliphatic heterocycles. The molecule has 1 aromatic carbocycles. The Labute approximate surface area is 210 Å². The van der Waals surface area contributed by atoms with Gasteiger partial charge in [-0.3, -0.25) is 4.79 Å². The molecule has 2 saturated heterocycles. The number of aromatic nitrogens is 1. The zero-order valence-corrected chi connectivity index (χ0v) is 20.1. The predicted octanol–water partition coefficient (Wildman–Crippen LogP) is 4.59. The van der Waals surface area contributed by atoms with Gasteiger partial charge in [-0.15, -0.1) is 0 Å². The third-order valence-corrected chi connectivity index (χ3v) is 7.20. The summed E-state index contributed by atoms with van der Waals surface area (Å²) in [7, 11) is 0. The molecule has 2 aromatic rings. The fourth-order valence-electron chi connectivity index (χ4n) is 5.22. The molecule has 0 bridgehead atoms. The molecule has 1 aromatic heterocycles. The number of carbonyl (C=O) groups is 2. The minimum atomic E-state index is -4.47. The number of alkyl halides is 3. The lowest BCUT2D eigenvalue weighted by atomic mass is 9.93. The number of rotatable bonds is 5. The summed E-state index contributed by atoms with van der Waals surface area (Å²) in [6.07, 6.45) is -3.93. The Hall–Kier alpha value is -3.44. The molecule has 2 amide bonds. The van der Waals surface area contributed by atoms with E-state index in [2.05, 4.69) is 4.98 Å². The minimum Gasteiger partial charge on any atom is -0.465 e. The van der Waals surface area contributed by atoms with Crippen LogP contribution in [0.2, 0.25) is 0 Å². The van der Waals surface area contributed by atoms with Crippen molar-refractivity contribution in [2.75, 3.05) is 37.6 Å². The SMILES string of the molecule is CCN(C(=O)O)[C@@H]1CN(C(=O)C2CCN(c3ccc(C(F)(F)F)cn3)CC2)C[C@H]1c1ccc(F)c(F)c1. The lowest BCUT2D eigenvalue weighted by molar-refractivity contribution is -0.138. The molecule has 1 N–H and O–H groups in total. The molecule has 0 radical (unpaired) electrons. The third-order valence-electron chi connectivity index (χ3n) is 7.20. The van der Waals surface area contributed by atoms with E-state index < -0.39 is 41.4 Å². The Balaban J connectivity index is 1.45. The second kappa shape index (κ2) is 10.5. The lowest BCUT2D eigenvalue weighted by Crippen LogP contribution is -2.45. The van der Waals surface area contributed by atoms with E-state index in [-0.39, 0.29) is 31.5 Å². The van der Waals surface area contributed by atoms with Crippen molar-refractivity contribution in [3.05, 3.63) is 59.3 Å². The van der Waals surface area contributed by atoms with Crippen LogP contribution < -0.4 is 4.90 Å². The molecule has 4 rings (SSSR count). The molecule has 37 heavy (non-hydrogen) atoms. The molecular formula is C25H27F5N4O3. The Morgan fingerprint density at radius 2 is 1.78 bits per heavy atom. The van der Waals surface area contributed by atoms with Gasteiger partial charge < -0.3 is 19.8 Å². The van der Waals surface area contributed by atoms with Crippen LogP contribution in [0.25, 0.3) is 0 Å². The quantitative estimate of drug-likeness (QED) is 0.577. The zero-order chi connectivity index (χ0) is 26.9. The third kappa shape index (κ3) is 5.62. The largest absolute Gasteiger partial charge is 0.465 e. The van der Waals surface area contributed by atoms with Crippen LogP contribution in [0.5, 0.6) is 0 Å². The molecular weight excluding hydrogens is 499 g/mol. The summed E-state index contributed by atoms with van der Waals surface area (Å²) >= 11 is 0. The van der Waals surface area contributed by atoms with E-state index in [0.29, 0.717) is 37.3 Å². The van der Waals surface area contributed by atoms with E-state index in [1.54, 1.807) is 11.8 Å². The molecule has 7 nitrogen and oxygen atoms in total. The Morgan fingerprint density at radius 1 is 1.08 bits per heavy atom. The van der Waals surface area contributed by atoms with Crippen molar-refractivity contribution in [1.82, 2.24) is 14.8 Å². The first-order valence-corrected chi connectivity index (χ1v) is 12.0. The van der Waals surface area contributed by atoms with E-state index >= 15 is 0 Å². The number of benzene rings is 1. The van der Waals surface area contributed by atoms with E-state index in [4.69, 9.17) is 0 Å². The summed E-state index contributed by atoms with van der Waals surface area (Å²) in [5.74, 6) is -2.67. The Morgan fingerprint density at radius 3 is 2.32 bits per heavy atom. The highest BCUT2D eigenvalue weighted by molar-refractivity contribution is 5.80. The highest BCUT2D eigenvalue weighted by atomic mass is 19.4. The Kier molecular flexibility index (Phi) is 7.56. The second-order valence-corrected chi connectivity index (χ2v) is 9.32. The maximum atomic E-state index is 14.0. The molecule has 3 heterocycles. The zero-order valence-electron chi connectivity index (χ0n) is 20.1. The van der Waals surface area contributed by atoms with Gasteiger partial charge in [0.25, 0.3) is 0 Å².